The second kappa shape index (κ2) is 9.61. The molecule has 3 rings (SSSR count). The van der Waals surface area contributed by atoms with E-state index < -0.39 is 10.0 Å². The van der Waals surface area contributed by atoms with Crippen LogP contribution in [0.5, 0.6) is 0 Å². The van der Waals surface area contributed by atoms with Crippen LogP contribution in [0.3, 0.4) is 0 Å². The minimum Gasteiger partial charge on any atom is -0.325 e. The molecule has 0 radical (unpaired) electrons. The van der Waals surface area contributed by atoms with E-state index in [0.29, 0.717) is 22.2 Å². The number of nitrogens with one attached hydrogen (secondary N) is 1. The molecule has 0 saturated heterocycles. The van der Waals surface area contributed by atoms with Crippen molar-refractivity contribution in [2.45, 2.75) is 56.4 Å². The van der Waals surface area contributed by atoms with E-state index in [9.17, 15) is 18.5 Å². The molecule has 0 bridgehead atoms. The molecule has 1 unspecified atom stereocenters. The predicted octanol–water partition coefficient (Wildman–Crippen LogP) is 3.87. The molecule has 0 spiro atoms. The van der Waals surface area contributed by atoms with Crippen LogP contribution in [0.4, 0.5) is 5.69 Å². The van der Waals surface area contributed by atoms with Crippen LogP contribution in [-0.2, 0) is 27.7 Å². The van der Waals surface area contributed by atoms with Gasteiger partial charge in [0.1, 0.15) is 11.1 Å². The van der Waals surface area contributed by atoms with Gasteiger partial charge in [-0.25, -0.2) is 18.5 Å². The Labute approximate surface area is 193 Å². The first-order chi connectivity index (χ1) is 15.0. The molecular weight excluding hydrogens is 444 g/mol. The number of aryl methyl sites for hydroxylation is 1. The number of anilines is 1. The number of pyridine rings is 1. The summed E-state index contributed by atoms with van der Waals surface area (Å²) in [7, 11) is -3.78. The fourth-order valence-corrected chi connectivity index (χ4v) is 5.14. The van der Waals surface area contributed by atoms with Crippen LogP contribution in [-0.4, -0.2) is 25.1 Å². The zero-order chi connectivity index (χ0) is 23.5. The molecule has 0 saturated carbocycles. The normalized spacial score (nSPS) is 16.2. The molecule has 1 heterocycles. The van der Waals surface area contributed by atoms with Crippen LogP contribution in [0.2, 0.25) is 0 Å². The molecular formula is C23H28N4O3S2. The smallest absolute Gasteiger partial charge is 0.238 e. The Kier molecular flexibility index (Phi) is 7.28. The highest BCUT2D eigenvalue weighted by Gasteiger charge is 2.32. The maximum Gasteiger partial charge on any atom is 0.238 e. The molecule has 0 aliphatic heterocycles. The van der Waals surface area contributed by atoms with Crippen LogP contribution < -0.4 is 10.5 Å². The highest BCUT2D eigenvalue weighted by molar-refractivity contribution is 8.00. The van der Waals surface area contributed by atoms with Crippen molar-refractivity contribution in [1.29, 1.82) is 5.26 Å². The van der Waals surface area contributed by atoms with E-state index in [1.807, 2.05) is 6.07 Å². The quantitative estimate of drug-likeness (QED) is 0.589. The SMILES string of the molecule is CCC(C)(C)C1CCc2nc(SCC(=O)Nc3ccc(S(N)(=O)=O)cc3)c(C#N)cc2C1. The summed E-state index contributed by atoms with van der Waals surface area (Å²) in [5.74, 6) is 0.382. The number of thioether (sulfide) groups is 1. The summed E-state index contributed by atoms with van der Waals surface area (Å²) in [5.41, 5.74) is 3.37. The average molecular weight is 473 g/mol. The van der Waals surface area contributed by atoms with Gasteiger partial charge in [-0.15, -0.1) is 0 Å². The third-order valence-corrected chi connectivity index (χ3v) is 8.22. The van der Waals surface area contributed by atoms with E-state index >= 15 is 0 Å². The number of fused-ring (bicyclic) bond motifs is 1. The second-order valence-corrected chi connectivity index (χ2v) is 11.3. The third kappa shape index (κ3) is 5.68. The average Bonchev–Trinajstić information content (AvgIpc) is 2.76. The lowest BCUT2D eigenvalue weighted by atomic mass is 9.69. The Hall–Kier alpha value is -2.41. The molecule has 1 atom stereocenters. The van der Waals surface area contributed by atoms with E-state index in [-0.39, 0.29) is 22.0 Å². The standard InChI is InChI=1S/C23H28N4O3S2/c1-4-23(2,3)17-5-10-20-15(12-17)11-16(13-24)22(27-20)31-14-21(28)26-18-6-8-19(9-7-18)32(25,29)30/h6-9,11,17H,4-5,10,12,14H2,1-3H3,(H,26,28)(H2,25,29,30). The van der Waals surface area contributed by atoms with Crippen molar-refractivity contribution < 1.29 is 13.2 Å². The lowest BCUT2D eigenvalue weighted by Gasteiger charge is -2.37. The molecule has 1 aromatic heterocycles. The van der Waals surface area contributed by atoms with Gasteiger partial charge in [0, 0.05) is 11.4 Å². The first kappa shape index (κ1) is 24.2. The van der Waals surface area contributed by atoms with Crippen molar-refractivity contribution in [2.24, 2.45) is 16.5 Å². The number of aromatic nitrogens is 1. The van der Waals surface area contributed by atoms with Gasteiger partial charge in [-0.05, 0) is 66.5 Å². The van der Waals surface area contributed by atoms with Crippen molar-refractivity contribution in [2.75, 3.05) is 11.1 Å². The van der Waals surface area contributed by atoms with Gasteiger partial charge in [0.15, 0.2) is 0 Å². The Morgan fingerprint density at radius 2 is 2.03 bits per heavy atom. The summed E-state index contributed by atoms with van der Waals surface area (Å²) in [4.78, 5) is 17.1. The first-order valence-corrected chi connectivity index (χ1v) is 13.0. The van der Waals surface area contributed by atoms with Crippen molar-refractivity contribution in [3.63, 3.8) is 0 Å². The van der Waals surface area contributed by atoms with Crippen LogP contribution in [0.15, 0.2) is 40.3 Å². The van der Waals surface area contributed by atoms with Gasteiger partial charge >= 0.3 is 0 Å². The van der Waals surface area contributed by atoms with Crippen molar-refractivity contribution in [1.82, 2.24) is 4.98 Å². The van der Waals surface area contributed by atoms with Crippen molar-refractivity contribution in [3.05, 3.63) is 47.2 Å². The van der Waals surface area contributed by atoms with E-state index in [1.54, 1.807) is 0 Å². The summed E-state index contributed by atoms with van der Waals surface area (Å²) in [6.45, 7) is 6.81. The predicted molar refractivity (Wildman–Crippen MR) is 126 cm³/mol. The molecule has 0 fully saturated rings. The van der Waals surface area contributed by atoms with Crippen LogP contribution >= 0.6 is 11.8 Å². The fraction of sp³-hybridized carbons (Fsp3) is 0.435. The Bertz CT molecular complexity index is 1150. The first-order valence-electron chi connectivity index (χ1n) is 10.5. The number of nitriles is 1. The van der Waals surface area contributed by atoms with Crippen molar-refractivity contribution in [3.8, 4) is 6.07 Å². The fourth-order valence-electron chi connectivity index (χ4n) is 3.85. The minimum atomic E-state index is -3.78. The summed E-state index contributed by atoms with van der Waals surface area (Å²) in [6, 6.07) is 9.80. The number of hydrogen-bond acceptors (Lipinski definition) is 6. The van der Waals surface area contributed by atoms with Gasteiger partial charge < -0.3 is 5.32 Å². The van der Waals surface area contributed by atoms with Gasteiger partial charge in [0.2, 0.25) is 15.9 Å². The highest BCUT2D eigenvalue weighted by atomic mass is 32.2. The van der Waals surface area contributed by atoms with E-state index in [2.05, 4.69) is 32.2 Å². The Balaban J connectivity index is 1.67. The molecule has 1 aliphatic carbocycles. The maximum absolute atomic E-state index is 12.4. The molecule has 32 heavy (non-hydrogen) atoms. The van der Waals surface area contributed by atoms with Crippen LogP contribution in [0, 0.1) is 22.7 Å². The Morgan fingerprint density at radius 1 is 1.34 bits per heavy atom. The summed E-state index contributed by atoms with van der Waals surface area (Å²) >= 11 is 1.23. The van der Waals surface area contributed by atoms with Crippen LogP contribution in [0.25, 0.3) is 0 Å². The lowest BCUT2D eigenvalue weighted by Crippen LogP contribution is -2.29. The molecule has 1 aromatic carbocycles. The topological polar surface area (TPSA) is 126 Å². The number of carbonyl (C=O) groups is 1. The third-order valence-electron chi connectivity index (χ3n) is 6.30. The molecule has 1 amide bonds. The maximum atomic E-state index is 12.4. The largest absolute Gasteiger partial charge is 0.325 e. The lowest BCUT2D eigenvalue weighted by molar-refractivity contribution is -0.113. The minimum absolute atomic E-state index is 0.0219. The van der Waals surface area contributed by atoms with E-state index in [1.165, 1.54) is 36.0 Å². The summed E-state index contributed by atoms with van der Waals surface area (Å²) in [5, 5.41) is 18.0. The molecule has 1 aliphatic rings. The van der Waals surface area contributed by atoms with Crippen molar-refractivity contribution >= 4 is 33.4 Å². The molecule has 9 heteroatoms. The van der Waals surface area contributed by atoms with E-state index in [0.717, 1.165) is 36.9 Å². The number of hydrogen-bond donors (Lipinski definition) is 2. The number of nitrogens with zero attached hydrogens (tertiary/aromatic N) is 2. The zero-order valence-electron chi connectivity index (χ0n) is 18.5. The molecule has 7 nitrogen and oxygen atoms in total. The van der Waals surface area contributed by atoms with Gasteiger partial charge in [-0.3, -0.25) is 4.79 Å². The van der Waals surface area contributed by atoms with Gasteiger partial charge in [-0.2, -0.15) is 5.26 Å². The van der Waals surface area contributed by atoms with E-state index in [4.69, 9.17) is 10.1 Å². The monoisotopic (exact) mass is 472 g/mol. The van der Waals surface area contributed by atoms with Gasteiger partial charge in [0.25, 0.3) is 0 Å². The van der Waals surface area contributed by atoms with Crippen LogP contribution in [0.1, 0.15) is 50.4 Å². The highest BCUT2D eigenvalue weighted by Crippen LogP contribution is 2.40. The molecule has 2 aromatic rings. The molecule has 170 valence electrons. The number of sulfonamides is 1. The second-order valence-electron chi connectivity index (χ2n) is 8.75. The Morgan fingerprint density at radius 3 is 2.62 bits per heavy atom. The number of amides is 1. The summed E-state index contributed by atoms with van der Waals surface area (Å²) in [6.07, 6.45) is 3.99. The number of rotatable bonds is 7. The van der Waals surface area contributed by atoms with Gasteiger partial charge in [0.05, 0.1) is 16.2 Å². The van der Waals surface area contributed by atoms with Gasteiger partial charge in [-0.1, -0.05) is 39.0 Å². The number of benzene rings is 1. The number of nitrogens with two attached hydrogens (primary N) is 1. The molecule has 3 N–H and O–H groups in total. The number of carbonyl (C=O) groups excluding carboxylic acids is 1. The number of primary sulfonamides is 1. The summed E-state index contributed by atoms with van der Waals surface area (Å²) < 4.78 is 22.6. The zero-order valence-corrected chi connectivity index (χ0v) is 20.1.